The van der Waals surface area contributed by atoms with Gasteiger partial charge in [0.1, 0.15) is 5.82 Å². The van der Waals surface area contributed by atoms with Gasteiger partial charge in [-0.2, -0.15) is 0 Å². The highest BCUT2D eigenvalue weighted by molar-refractivity contribution is 7.07. The topological polar surface area (TPSA) is 81.3 Å². The van der Waals surface area contributed by atoms with Crippen LogP contribution in [-0.4, -0.2) is 29.6 Å². The second-order valence-electron chi connectivity index (χ2n) is 4.19. The quantitative estimate of drug-likeness (QED) is 0.848. The van der Waals surface area contributed by atoms with Gasteiger partial charge in [-0.05, 0) is 13.0 Å². The zero-order valence-corrected chi connectivity index (χ0v) is 12.2. The Labute approximate surface area is 121 Å². The van der Waals surface area contributed by atoms with Crippen LogP contribution in [0.4, 0.5) is 11.5 Å². The van der Waals surface area contributed by atoms with Crippen LogP contribution < -0.4 is 10.6 Å². The molecule has 0 bridgehead atoms. The Bertz CT molecular complexity index is 586. The molecule has 0 amide bonds. The molecule has 0 aliphatic carbocycles. The van der Waals surface area contributed by atoms with Crippen LogP contribution in [0.5, 0.6) is 0 Å². The van der Waals surface area contributed by atoms with Crippen molar-refractivity contribution in [1.29, 1.82) is 0 Å². The number of aromatic nitrogens is 2. The summed E-state index contributed by atoms with van der Waals surface area (Å²) in [5.74, 6) is 0.214. The Kier molecular flexibility index (Phi) is 4.52. The number of nitrogens with zero attached hydrogens (tertiary/aromatic N) is 3. The summed E-state index contributed by atoms with van der Waals surface area (Å²) < 4.78 is 4.97. The van der Waals surface area contributed by atoms with E-state index in [4.69, 9.17) is 10.5 Å². The van der Waals surface area contributed by atoms with Crippen molar-refractivity contribution in [3.05, 3.63) is 34.4 Å². The lowest BCUT2D eigenvalue weighted by Gasteiger charge is -2.18. The third-order valence-electron chi connectivity index (χ3n) is 2.69. The summed E-state index contributed by atoms with van der Waals surface area (Å²) >= 11 is 1.54. The van der Waals surface area contributed by atoms with Gasteiger partial charge in [-0.1, -0.05) is 0 Å². The maximum atomic E-state index is 11.8. The smallest absolute Gasteiger partial charge is 0.340 e. The summed E-state index contributed by atoms with van der Waals surface area (Å²) in [4.78, 5) is 22.1. The van der Waals surface area contributed by atoms with E-state index in [1.807, 2.05) is 17.3 Å². The fourth-order valence-electron chi connectivity index (χ4n) is 1.69. The van der Waals surface area contributed by atoms with E-state index >= 15 is 0 Å². The van der Waals surface area contributed by atoms with Gasteiger partial charge >= 0.3 is 5.97 Å². The van der Waals surface area contributed by atoms with E-state index in [1.54, 1.807) is 29.8 Å². The van der Waals surface area contributed by atoms with E-state index in [0.717, 1.165) is 5.69 Å². The lowest BCUT2D eigenvalue weighted by atomic mass is 10.2. The summed E-state index contributed by atoms with van der Waals surface area (Å²) in [6.07, 6.45) is 1.47. The van der Waals surface area contributed by atoms with Crippen LogP contribution in [0, 0.1) is 0 Å². The molecular weight excluding hydrogens is 276 g/mol. The largest absolute Gasteiger partial charge is 0.462 e. The maximum Gasteiger partial charge on any atom is 0.340 e. The number of hydrogen-bond acceptors (Lipinski definition) is 7. The van der Waals surface area contributed by atoms with Gasteiger partial charge < -0.3 is 15.4 Å². The maximum absolute atomic E-state index is 11.8. The highest BCUT2D eigenvalue weighted by Gasteiger charge is 2.14. The molecule has 0 saturated heterocycles. The molecule has 106 valence electrons. The number of pyridine rings is 1. The van der Waals surface area contributed by atoms with Crippen LogP contribution in [0.25, 0.3) is 0 Å². The molecular formula is C13H16N4O2S. The number of hydrogen-bond donors (Lipinski definition) is 1. The molecule has 0 atom stereocenters. The molecule has 0 aromatic carbocycles. The molecule has 0 radical (unpaired) electrons. The number of rotatable bonds is 5. The van der Waals surface area contributed by atoms with Gasteiger partial charge in [0.2, 0.25) is 0 Å². The number of carbonyl (C=O) groups excluding carboxylic acids is 1. The minimum absolute atomic E-state index is 0.310. The summed E-state index contributed by atoms with van der Waals surface area (Å²) in [6, 6.07) is 1.64. The molecule has 20 heavy (non-hydrogen) atoms. The highest BCUT2D eigenvalue weighted by Crippen LogP contribution is 2.19. The van der Waals surface area contributed by atoms with Crippen molar-refractivity contribution < 1.29 is 9.53 Å². The summed E-state index contributed by atoms with van der Waals surface area (Å²) in [6.45, 7) is 2.68. The summed E-state index contributed by atoms with van der Waals surface area (Å²) in [5, 5.41) is 1.97. The Morgan fingerprint density at radius 1 is 1.50 bits per heavy atom. The SMILES string of the molecule is CCOC(=O)c1cc(N(C)Cc2cscn2)ncc1N. The molecule has 7 heteroatoms. The number of anilines is 2. The number of nitrogens with two attached hydrogens (primary N) is 1. The fraction of sp³-hybridized carbons (Fsp3) is 0.308. The van der Waals surface area contributed by atoms with Gasteiger partial charge in [0.15, 0.2) is 0 Å². The number of esters is 1. The minimum atomic E-state index is -0.435. The van der Waals surface area contributed by atoms with Crippen molar-refractivity contribution in [1.82, 2.24) is 9.97 Å². The van der Waals surface area contributed by atoms with Crippen LogP contribution in [0.3, 0.4) is 0 Å². The molecule has 2 N–H and O–H groups in total. The molecule has 2 heterocycles. The average molecular weight is 292 g/mol. The Balaban J connectivity index is 2.20. The van der Waals surface area contributed by atoms with Gasteiger partial charge in [-0.25, -0.2) is 14.8 Å². The predicted octanol–water partition coefficient (Wildman–Crippen LogP) is 1.93. The highest BCUT2D eigenvalue weighted by atomic mass is 32.1. The minimum Gasteiger partial charge on any atom is -0.462 e. The summed E-state index contributed by atoms with van der Waals surface area (Å²) in [7, 11) is 1.88. The molecule has 6 nitrogen and oxygen atoms in total. The van der Waals surface area contributed by atoms with Crippen molar-refractivity contribution in [3.63, 3.8) is 0 Å². The zero-order valence-electron chi connectivity index (χ0n) is 11.4. The van der Waals surface area contributed by atoms with Crippen LogP contribution in [-0.2, 0) is 11.3 Å². The van der Waals surface area contributed by atoms with Crippen molar-refractivity contribution in [2.24, 2.45) is 0 Å². The van der Waals surface area contributed by atoms with Crippen LogP contribution in [0.15, 0.2) is 23.2 Å². The van der Waals surface area contributed by atoms with E-state index in [1.165, 1.54) is 6.20 Å². The first-order valence-corrected chi connectivity index (χ1v) is 7.07. The molecule has 0 fully saturated rings. The Hall–Kier alpha value is -2.15. The summed E-state index contributed by atoms with van der Waals surface area (Å²) in [5.41, 5.74) is 9.15. The third-order valence-corrected chi connectivity index (χ3v) is 3.32. The first-order chi connectivity index (χ1) is 9.61. The van der Waals surface area contributed by atoms with Crippen LogP contribution in [0.1, 0.15) is 23.0 Å². The molecule has 2 rings (SSSR count). The van der Waals surface area contributed by atoms with Gasteiger partial charge in [0.05, 0.1) is 41.8 Å². The third kappa shape index (κ3) is 3.24. The van der Waals surface area contributed by atoms with Gasteiger partial charge in [0, 0.05) is 12.4 Å². The van der Waals surface area contributed by atoms with Gasteiger partial charge in [0.25, 0.3) is 0 Å². The molecule has 0 aliphatic rings. The Morgan fingerprint density at radius 2 is 2.30 bits per heavy atom. The lowest BCUT2D eigenvalue weighted by molar-refractivity contribution is 0.0527. The van der Waals surface area contributed by atoms with E-state index in [9.17, 15) is 4.79 Å². The second-order valence-corrected chi connectivity index (χ2v) is 4.90. The van der Waals surface area contributed by atoms with Gasteiger partial charge in [-0.15, -0.1) is 11.3 Å². The number of ether oxygens (including phenoxy) is 1. The predicted molar refractivity (Wildman–Crippen MR) is 78.8 cm³/mol. The molecule has 0 spiro atoms. The van der Waals surface area contributed by atoms with E-state index in [0.29, 0.717) is 30.2 Å². The van der Waals surface area contributed by atoms with E-state index in [-0.39, 0.29) is 0 Å². The number of nitrogen functional groups attached to an aromatic ring is 1. The number of thiazole rings is 1. The zero-order chi connectivity index (χ0) is 14.5. The molecule has 2 aromatic heterocycles. The Morgan fingerprint density at radius 3 is 2.95 bits per heavy atom. The molecule has 0 unspecified atom stereocenters. The van der Waals surface area contributed by atoms with Crippen molar-refractivity contribution in [2.45, 2.75) is 13.5 Å². The monoisotopic (exact) mass is 292 g/mol. The normalized spacial score (nSPS) is 10.3. The van der Waals surface area contributed by atoms with Crippen LogP contribution >= 0.6 is 11.3 Å². The van der Waals surface area contributed by atoms with Gasteiger partial charge in [-0.3, -0.25) is 0 Å². The molecule has 2 aromatic rings. The average Bonchev–Trinajstić information content (AvgIpc) is 2.92. The standard InChI is InChI=1S/C13H16N4O2S/c1-3-19-13(18)10-4-12(15-5-11(10)14)17(2)6-9-7-20-8-16-9/h4-5,7-8H,3,6,14H2,1-2H3. The van der Waals surface area contributed by atoms with E-state index < -0.39 is 5.97 Å². The first-order valence-electron chi connectivity index (χ1n) is 6.12. The van der Waals surface area contributed by atoms with E-state index in [2.05, 4.69) is 9.97 Å². The molecule has 0 saturated carbocycles. The molecule has 0 aliphatic heterocycles. The first kappa shape index (κ1) is 14.3. The fourth-order valence-corrected chi connectivity index (χ4v) is 2.24. The lowest BCUT2D eigenvalue weighted by Crippen LogP contribution is -2.19. The van der Waals surface area contributed by atoms with Crippen molar-refractivity contribution >= 4 is 28.8 Å². The second kappa shape index (κ2) is 6.33. The van der Waals surface area contributed by atoms with Crippen molar-refractivity contribution in [2.75, 3.05) is 24.3 Å². The number of carbonyl (C=O) groups is 1. The van der Waals surface area contributed by atoms with Crippen molar-refractivity contribution in [3.8, 4) is 0 Å². The van der Waals surface area contributed by atoms with Crippen LogP contribution in [0.2, 0.25) is 0 Å².